The maximum atomic E-state index is 14.6. The molecule has 6 nitrogen and oxygen atoms in total. The van der Waals surface area contributed by atoms with Crippen molar-refractivity contribution >= 4 is 11.4 Å². The predicted molar refractivity (Wildman–Crippen MR) is 104 cm³/mol. The summed E-state index contributed by atoms with van der Waals surface area (Å²) in [6.45, 7) is 0. The Kier molecular flexibility index (Phi) is 6.40. The van der Waals surface area contributed by atoms with E-state index >= 15 is 0 Å². The smallest absolute Gasteiger partial charge is 0.225 e. The van der Waals surface area contributed by atoms with E-state index in [9.17, 15) is 51.0 Å². The highest BCUT2D eigenvalue weighted by atomic mass is 19.2. The van der Waals surface area contributed by atoms with Gasteiger partial charge in [-0.2, -0.15) is 15.8 Å². The Bertz CT molecular complexity index is 1630. The molecule has 0 N–H and O–H groups in total. The number of hydrogen-bond donors (Lipinski definition) is 0. The molecule has 36 heavy (non-hydrogen) atoms. The number of halogens is 8. The van der Waals surface area contributed by atoms with Crippen LogP contribution in [0.25, 0.3) is 11.0 Å². The molecule has 3 aromatic rings. The summed E-state index contributed by atoms with van der Waals surface area (Å²) in [5.41, 5.74) is -9.78. The lowest BCUT2D eigenvalue weighted by Gasteiger charge is -2.12. The molecule has 0 fully saturated rings. The zero-order valence-corrected chi connectivity index (χ0v) is 17.2. The third-order valence-corrected chi connectivity index (χ3v) is 5.12. The van der Waals surface area contributed by atoms with Crippen LogP contribution in [0.3, 0.4) is 0 Å². The molecule has 180 valence electrons. The largest absolute Gasteiger partial charge is 0.763 e. The third-order valence-electron chi connectivity index (χ3n) is 5.12. The van der Waals surface area contributed by atoms with Crippen LogP contribution in [0.2, 0.25) is 0 Å². The number of rotatable bonds is 4. The normalized spacial score (nSPS) is 12.4. The first-order valence-electron chi connectivity index (χ1n) is 9.13. The molecule has 0 heterocycles. The van der Waals surface area contributed by atoms with E-state index in [1.54, 1.807) is 0 Å². The monoisotopic (exact) mass is 506 g/mol. The van der Waals surface area contributed by atoms with E-state index in [0.717, 1.165) is 18.0 Å². The fourth-order valence-corrected chi connectivity index (χ4v) is 3.51. The van der Waals surface area contributed by atoms with Crippen LogP contribution in [0.1, 0.15) is 39.3 Å². The van der Waals surface area contributed by atoms with Crippen LogP contribution in [0, 0.1) is 85.7 Å². The summed E-state index contributed by atoms with van der Waals surface area (Å²) in [4.78, 5) is 0. The molecule has 0 aromatic heterocycles. The standard InChI is InChI=1S/C22H4F8N5O/c1-35(36)22-10(6(2-31)12-18(27)14(23)8(4-33)15(24)19(12)28)11(22)7(3-32)13-20(29)16(25)9(5-34)17(26)21(13)30/h6H,1H3/q-1. The third kappa shape index (κ3) is 3.47. The van der Waals surface area contributed by atoms with Crippen molar-refractivity contribution in [2.45, 2.75) is 5.92 Å². The fourth-order valence-electron chi connectivity index (χ4n) is 3.51. The van der Waals surface area contributed by atoms with Crippen LogP contribution >= 0.6 is 0 Å². The van der Waals surface area contributed by atoms with Crippen molar-refractivity contribution in [2.24, 2.45) is 0 Å². The zero-order chi connectivity index (χ0) is 27.2. The molecule has 3 aromatic carbocycles. The molecule has 0 amide bonds. The van der Waals surface area contributed by atoms with Crippen molar-refractivity contribution in [3.8, 4) is 18.2 Å². The Hall–Kier alpha value is -4.99. The molecule has 0 spiro atoms. The van der Waals surface area contributed by atoms with E-state index in [0.29, 0.717) is 7.05 Å². The SMILES string of the molecule is C[N+]([O-])=c1c(C(=C=[N-])c2c(F)c(F)c(C#N)c(F)c2F)c1C(C#N)c1c(F)c(F)c(C#N)c(F)c1F. The van der Waals surface area contributed by atoms with Crippen LogP contribution in [-0.4, -0.2) is 12.9 Å². The van der Waals surface area contributed by atoms with Gasteiger partial charge >= 0.3 is 0 Å². The van der Waals surface area contributed by atoms with Crippen molar-refractivity contribution in [1.82, 2.24) is 4.74 Å². The van der Waals surface area contributed by atoms with Gasteiger partial charge in [0, 0.05) is 5.57 Å². The molecular weight excluding hydrogens is 502 g/mol. The van der Waals surface area contributed by atoms with Gasteiger partial charge in [0.1, 0.15) is 36.2 Å². The highest BCUT2D eigenvalue weighted by molar-refractivity contribution is 6.03. The highest BCUT2D eigenvalue weighted by Gasteiger charge is 2.43. The molecule has 0 aliphatic rings. The average molecular weight is 506 g/mol. The Balaban J connectivity index is 2.39. The van der Waals surface area contributed by atoms with Gasteiger partial charge in [-0.25, -0.2) is 39.9 Å². The predicted octanol–water partition coefficient (Wildman–Crippen LogP) is 3.64. The second-order valence-corrected chi connectivity index (χ2v) is 6.96. The van der Waals surface area contributed by atoms with Crippen molar-refractivity contribution in [1.29, 1.82) is 15.8 Å². The van der Waals surface area contributed by atoms with Crippen molar-refractivity contribution in [3.05, 3.63) is 95.9 Å². The molecule has 14 heteroatoms. The van der Waals surface area contributed by atoms with E-state index in [-0.39, 0.29) is 4.74 Å². The van der Waals surface area contributed by atoms with Crippen LogP contribution in [0.5, 0.6) is 0 Å². The highest BCUT2D eigenvalue weighted by Crippen LogP contribution is 2.40. The molecule has 0 radical (unpaired) electrons. The molecular formula is C22H4F8N5O-. The van der Waals surface area contributed by atoms with E-state index in [1.807, 2.05) is 0 Å². The summed E-state index contributed by atoms with van der Waals surface area (Å²) < 4.78 is 115. The average Bonchev–Trinajstić information content (AvgIpc) is 3.57. The lowest BCUT2D eigenvalue weighted by molar-refractivity contribution is 0.435. The number of hydrogen-bond acceptors (Lipinski definition) is 4. The quantitative estimate of drug-likeness (QED) is 0.176. The van der Waals surface area contributed by atoms with Gasteiger partial charge in [-0.1, -0.05) is 0 Å². The molecule has 1 unspecified atom stereocenters. The molecule has 0 saturated heterocycles. The molecule has 0 saturated carbocycles. The van der Waals surface area contributed by atoms with Gasteiger partial charge in [0.25, 0.3) is 0 Å². The van der Waals surface area contributed by atoms with Crippen molar-refractivity contribution in [2.75, 3.05) is 7.05 Å². The number of nitrogens with zero attached hydrogens (tertiary/aromatic N) is 5. The van der Waals surface area contributed by atoms with Crippen molar-refractivity contribution < 1.29 is 35.1 Å². The Labute approximate surface area is 194 Å². The minimum absolute atomic E-state index is 0.148. The summed E-state index contributed by atoms with van der Waals surface area (Å²) in [6.07, 6.45) is 0. The second-order valence-electron chi connectivity index (χ2n) is 6.96. The fraction of sp³-hybridized carbons (Fsp3) is 0.0909. The Morgan fingerprint density at radius 1 is 0.722 bits per heavy atom. The van der Waals surface area contributed by atoms with Crippen molar-refractivity contribution in [3.63, 3.8) is 0 Å². The van der Waals surface area contributed by atoms with Gasteiger partial charge in [0.05, 0.1) is 28.3 Å². The lowest BCUT2D eigenvalue weighted by atomic mass is 9.92. The van der Waals surface area contributed by atoms with E-state index < -0.39 is 96.8 Å². The molecule has 0 aliphatic carbocycles. The van der Waals surface area contributed by atoms with E-state index in [1.165, 1.54) is 6.07 Å². The number of nitriles is 3. The number of benzene rings is 2. The summed E-state index contributed by atoms with van der Waals surface area (Å²) in [5, 5.41) is 47.5. The van der Waals surface area contributed by atoms with E-state index in [2.05, 4.69) is 0 Å². The topological polar surface area (TPSA) is 120 Å². The van der Waals surface area contributed by atoms with Gasteiger partial charge in [-0.05, 0) is 0 Å². The molecule has 3 rings (SSSR count). The first-order valence-corrected chi connectivity index (χ1v) is 9.13. The first-order chi connectivity index (χ1) is 16.9. The first kappa shape index (κ1) is 25.6. The maximum Gasteiger partial charge on any atom is 0.225 e. The van der Waals surface area contributed by atoms with E-state index in [4.69, 9.17) is 10.5 Å². The Morgan fingerprint density at radius 3 is 1.47 bits per heavy atom. The van der Waals surface area contributed by atoms with Gasteiger partial charge < -0.3 is 10.6 Å². The molecule has 0 aliphatic heterocycles. The summed E-state index contributed by atoms with van der Waals surface area (Å²) in [5.74, 6) is -19.0. The summed E-state index contributed by atoms with van der Waals surface area (Å²) >= 11 is 0. The maximum absolute atomic E-state index is 14.6. The van der Waals surface area contributed by atoms with Gasteiger partial charge in [-0.3, -0.25) is 5.87 Å². The molecule has 1 atom stereocenters. The van der Waals surface area contributed by atoms with Crippen LogP contribution in [0.4, 0.5) is 35.1 Å². The second kappa shape index (κ2) is 8.99. The van der Waals surface area contributed by atoms with Gasteiger partial charge in [0.2, 0.25) is 5.36 Å². The molecule has 0 bridgehead atoms. The van der Waals surface area contributed by atoms with Gasteiger partial charge in [0.15, 0.2) is 46.5 Å². The summed E-state index contributed by atoms with van der Waals surface area (Å²) in [6, 6.07) is 2.98. The minimum atomic E-state index is -2.43. The van der Waals surface area contributed by atoms with Crippen LogP contribution < -0.4 is 10.1 Å². The van der Waals surface area contributed by atoms with Crippen LogP contribution in [-0.2, 0) is 0 Å². The van der Waals surface area contributed by atoms with Crippen LogP contribution in [0.15, 0.2) is 0 Å². The summed E-state index contributed by atoms with van der Waals surface area (Å²) in [7, 11) is 0.699. The van der Waals surface area contributed by atoms with Gasteiger partial charge in [-0.15, -0.1) is 0 Å². The Morgan fingerprint density at radius 2 is 1.14 bits per heavy atom. The lowest BCUT2D eigenvalue weighted by Crippen LogP contribution is -2.16. The minimum Gasteiger partial charge on any atom is -0.763 e. The zero-order valence-electron chi connectivity index (χ0n) is 17.2. The number of hydroxylamine groups is 1.